The topological polar surface area (TPSA) is 51.8 Å². The van der Waals surface area contributed by atoms with Crippen molar-refractivity contribution in [2.45, 2.75) is 33.6 Å². The number of rotatable bonds is 3. The van der Waals surface area contributed by atoms with Crippen LogP contribution in [0, 0.1) is 13.8 Å². The van der Waals surface area contributed by atoms with Crippen LogP contribution in [-0.2, 0) is 12.8 Å². The number of aromatic nitrogens is 2. The molecule has 0 atom stereocenters. The molecule has 0 aliphatic rings. The zero-order valence-corrected chi connectivity index (χ0v) is 11.2. The van der Waals surface area contributed by atoms with Crippen LogP contribution < -0.4 is 5.73 Å². The van der Waals surface area contributed by atoms with Crippen molar-refractivity contribution < 1.29 is 0 Å². The Morgan fingerprint density at radius 3 is 2.44 bits per heavy atom. The minimum absolute atomic E-state index is 0.619. The van der Waals surface area contributed by atoms with E-state index in [1.807, 2.05) is 19.1 Å². The minimum atomic E-state index is 0.619. The van der Waals surface area contributed by atoms with Gasteiger partial charge in [-0.15, -0.1) is 0 Å². The molecule has 2 rings (SSSR count). The Hall–Kier alpha value is -1.90. The highest BCUT2D eigenvalue weighted by atomic mass is 14.9. The smallest absolute Gasteiger partial charge is 0.135 e. The van der Waals surface area contributed by atoms with Gasteiger partial charge in [-0.25, -0.2) is 9.97 Å². The van der Waals surface area contributed by atoms with Crippen LogP contribution in [0.5, 0.6) is 0 Å². The van der Waals surface area contributed by atoms with Gasteiger partial charge >= 0.3 is 0 Å². The lowest BCUT2D eigenvalue weighted by Crippen LogP contribution is -2.07. The van der Waals surface area contributed by atoms with Crippen LogP contribution in [0.3, 0.4) is 0 Å². The second-order valence-electron chi connectivity index (χ2n) is 4.55. The monoisotopic (exact) mass is 241 g/mol. The highest BCUT2D eigenvalue weighted by Crippen LogP contribution is 2.16. The number of aryl methyl sites for hydroxylation is 2. The average Bonchev–Trinajstić information content (AvgIpc) is 2.32. The van der Waals surface area contributed by atoms with Crippen LogP contribution >= 0.6 is 0 Å². The first kappa shape index (κ1) is 12.6. The van der Waals surface area contributed by atoms with Gasteiger partial charge in [-0.1, -0.05) is 31.2 Å². The lowest BCUT2D eigenvalue weighted by Gasteiger charge is -2.10. The number of hydrogen-bond acceptors (Lipinski definition) is 3. The van der Waals surface area contributed by atoms with Crippen LogP contribution in [-0.4, -0.2) is 9.97 Å². The van der Waals surface area contributed by atoms with E-state index >= 15 is 0 Å². The molecule has 1 aromatic carbocycles. The quantitative estimate of drug-likeness (QED) is 0.899. The zero-order chi connectivity index (χ0) is 13.1. The molecule has 1 heterocycles. The number of hydrogen-bond donors (Lipinski definition) is 1. The molecular formula is C15H19N3. The Balaban J connectivity index is 2.34. The maximum atomic E-state index is 5.97. The summed E-state index contributed by atoms with van der Waals surface area (Å²) in [5.41, 5.74) is 10.5. The number of anilines is 1. The fraction of sp³-hybridized carbons (Fsp3) is 0.333. The van der Waals surface area contributed by atoms with Gasteiger partial charge in [0.05, 0.1) is 0 Å². The molecular weight excluding hydrogens is 222 g/mol. The van der Waals surface area contributed by atoms with Gasteiger partial charge < -0.3 is 5.73 Å². The first-order chi connectivity index (χ1) is 8.61. The Morgan fingerprint density at radius 2 is 1.83 bits per heavy atom. The van der Waals surface area contributed by atoms with Crippen molar-refractivity contribution in [1.82, 2.24) is 9.97 Å². The first-order valence-corrected chi connectivity index (χ1v) is 6.28. The molecule has 0 amide bonds. The first-order valence-electron chi connectivity index (χ1n) is 6.28. The van der Waals surface area contributed by atoms with Crippen LogP contribution in [0.25, 0.3) is 0 Å². The Kier molecular flexibility index (Phi) is 3.60. The van der Waals surface area contributed by atoms with Crippen molar-refractivity contribution in [2.75, 3.05) is 5.73 Å². The maximum absolute atomic E-state index is 5.97. The highest BCUT2D eigenvalue weighted by molar-refractivity contribution is 5.42. The third-order valence-electron chi connectivity index (χ3n) is 3.26. The van der Waals surface area contributed by atoms with Crippen LogP contribution in [0.4, 0.5) is 5.82 Å². The predicted molar refractivity (Wildman–Crippen MR) is 74.5 cm³/mol. The van der Waals surface area contributed by atoms with Gasteiger partial charge in [0.1, 0.15) is 11.6 Å². The number of nitrogens with zero attached hydrogens (tertiary/aromatic N) is 2. The van der Waals surface area contributed by atoms with E-state index in [9.17, 15) is 0 Å². The zero-order valence-electron chi connectivity index (χ0n) is 11.2. The molecule has 0 spiro atoms. The Bertz CT molecular complexity index is 538. The van der Waals surface area contributed by atoms with Crippen molar-refractivity contribution in [3.05, 3.63) is 52.5 Å². The predicted octanol–water partition coefficient (Wildman–Crippen LogP) is 2.83. The summed E-state index contributed by atoms with van der Waals surface area (Å²) in [7, 11) is 0. The van der Waals surface area contributed by atoms with E-state index < -0.39 is 0 Å². The normalized spacial score (nSPS) is 10.6. The lowest BCUT2D eigenvalue weighted by molar-refractivity contribution is 0.909. The van der Waals surface area contributed by atoms with E-state index in [0.717, 1.165) is 29.9 Å². The molecule has 3 nitrogen and oxygen atoms in total. The van der Waals surface area contributed by atoms with Gasteiger partial charge in [0.15, 0.2) is 0 Å². The second kappa shape index (κ2) is 5.17. The van der Waals surface area contributed by atoms with Gasteiger partial charge in [-0.3, -0.25) is 0 Å². The van der Waals surface area contributed by atoms with E-state index in [4.69, 9.17) is 5.73 Å². The van der Waals surface area contributed by atoms with Crippen molar-refractivity contribution in [2.24, 2.45) is 0 Å². The molecule has 0 bridgehead atoms. The molecule has 18 heavy (non-hydrogen) atoms. The summed E-state index contributed by atoms with van der Waals surface area (Å²) in [4.78, 5) is 8.96. The summed E-state index contributed by atoms with van der Waals surface area (Å²) in [5.74, 6) is 1.42. The van der Waals surface area contributed by atoms with Crippen molar-refractivity contribution in [3.8, 4) is 0 Å². The summed E-state index contributed by atoms with van der Waals surface area (Å²) >= 11 is 0. The number of nitrogen functional groups attached to an aromatic ring is 1. The third-order valence-corrected chi connectivity index (χ3v) is 3.26. The van der Waals surface area contributed by atoms with E-state index in [0.29, 0.717) is 5.82 Å². The molecule has 0 fully saturated rings. The number of nitrogens with two attached hydrogens (primary N) is 1. The van der Waals surface area contributed by atoms with E-state index in [2.05, 4.69) is 35.9 Å². The van der Waals surface area contributed by atoms with Gasteiger partial charge in [0, 0.05) is 17.7 Å². The van der Waals surface area contributed by atoms with E-state index in [1.54, 1.807) is 0 Å². The molecule has 2 aromatic rings. The van der Waals surface area contributed by atoms with Gasteiger partial charge in [-0.2, -0.15) is 0 Å². The highest BCUT2D eigenvalue weighted by Gasteiger charge is 2.08. The van der Waals surface area contributed by atoms with Crippen molar-refractivity contribution in [1.29, 1.82) is 0 Å². The molecule has 0 saturated carbocycles. The fourth-order valence-electron chi connectivity index (χ4n) is 2.17. The molecule has 0 aliphatic carbocycles. The largest absolute Gasteiger partial charge is 0.383 e. The fourth-order valence-corrected chi connectivity index (χ4v) is 2.17. The summed E-state index contributed by atoms with van der Waals surface area (Å²) in [5, 5.41) is 0. The number of benzene rings is 1. The average molecular weight is 241 g/mol. The molecule has 0 aliphatic heterocycles. The molecule has 0 radical (unpaired) electrons. The Morgan fingerprint density at radius 1 is 1.11 bits per heavy atom. The third kappa shape index (κ3) is 2.50. The van der Waals surface area contributed by atoms with Gasteiger partial charge in [-0.05, 0) is 31.4 Å². The summed E-state index contributed by atoms with van der Waals surface area (Å²) in [6, 6.07) is 8.29. The molecule has 0 unspecified atom stereocenters. The van der Waals surface area contributed by atoms with E-state index in [1.165, 1.54) is 11.1 Å². The standard InChI is InChI=1S/C15H19N3/c1-4-13-11(3)17-14(18-15(13)16)9-12-8-6-5-7-10(12)2/h5-8H,4,9H2,1-3H3,(H2,16,17,18). The maximum Gasteiger partial charge on any atom is 0.135 e. The van der Waals surface area contributed by atoms with Gasteiger partial charge in [0.2, 0.25) is 0 Å². The van der Waals surface area contributed by atoms with Gasteiger partial charge in [0.25, 0.3) is 0 Å². The summed E-state index contributed by atoms with van der Waals surface area (Å²) < 4.78 is 0. The summed E-state index contributed by atoms with van der Waals surface area (Å²) in [6.07, 6.45) is 1.62. The van der Waals surface area contributed by atoms with Crippen LogP contribution in [0.1, 0.15) is 35.1 Å². The molecule has 94 valence electrons. The van der Waals surface area contributed by atoms with Crippen molar-refractivity contribution in [3.63, 3.8) is 0 Å². The molecule has 3 heteroatoms. The van der Waals surface area contributed by atoms with Crippen LogP contribution in [0.2, 0.25) is 0 Å². The minimum Gasteiger partial charge on any atom is -0.383 e. The Labute approximate surface area is 108 Å². The lowest BCUT2D eigenvalue weighted by atomic mass is 10.1. The molecule has 2 N–H and O–H groups in total. The van der Waals surface area contributed by atoms with E-state index in [-0.39, 0.29) is 0 Å². The van der Waals surface area contributed by atoms with Crippen molar-refractivity contribution >= 4 is 5.82 Å². The SMILES string of the molecule is CCc1c(C)nc(Cc2ccccc2C)nc1N. The van der Waals surface area contributed by atoms with Crippen LogP contribution in [0.15, 0.2) is 24.3 Å². The second-order valence-corrected chi connectivity index (χ2v) is 4.55. The summed E-state index contributed by atoms with van der Waals surface area (Å²) in [6.45, 7) is 6.17. The molecule has 0 saturated heterocycles. The molecule has 1 aromatic heterocycles.